The molecule has 0 bridgehead atoms. The van der Waals surface area contributed by atoms with Gasteiger partial charge in [0.15, 0.2) is 12.0 Å². The van der Waals surface area contributed by atoms with Gasteiger partial charge in [-0.25, -0.2) is 4.68 Å². The van der Waals surface area contributed by atoms with Crippen LogP contribution in [0.3, 0.4) is 0 Å². The SMILES string of the molecule is O=Cc1nnn(Cc2ccc([N+](=O)[O-])cc2)c1-c1cccnc1. The van der Waals surface area contributed by atoms with Gasteiger partial charge in [-0.3, -0.25) is 19.9 Å². The van der Waals surface area contributed by atoms with Gasteiger partial charge in [-0.1, -0.05) is 17.3 Å². The van der Waals surface area contributed by atoms with E-state index in [2.05, 4.69) is 15.3 Å². The summed E-state index contributed by atoms with van der Waals surface area (Å²) >= 11 is 0. The monoisotopic (exact) mass is 309 g/mol. The van der Waals surface area contributed by atoms with Crippen molar-refractivity contribution in [3.05, 3.63) is 70.2 Å². The van der Waals surface area contributed by atoms with Crippen molar-refractivity contribution < 1.29 is 9.72 Å². The van der Waals surface area contributed by atoms with E-state index in [9.17, 15) is 14.9 Å². The summed E-state index contributed by atoms with van der Waals surface area (Å²) in [6, 6.07) is 9.71. The van der Waals surface area contributed by atoms with Crippen molar-refractivity contribution in [1.82, 2.24) is 20.0 Å². The third-order valence-electron chi connectivity index (χ3n) is 3.29. The van der Waals surface area contributed by atoms with Gasteiger partial charge in [0.05, 0.1) is 11.5 Å². The number of aromatic nitrogens is 4. The second-order valence-corrected chi connectivity index (χ2v) is 4.76. The van der Waals surface area contributed by atoms with Crippen LogP contribution in [0.2, 0.25) is 0 Å². The van der Waals surface area contributed by atoms with Crippen LogP contribution in [0.15, 0.2) is 48.8 Å². The molecule has 3 aromatic rings. The largest absolute Gasteiger partial charge is 0.296 e. The Labute approximate surface area is 130 Å². The number of carbonyl (C=O) groups is 1. The summed E-state index contributed by atoms with van der Waals surface area (Å²) in [5.74, 6) is 0. The molecule has 0 aliphatic carbocycles. The van der Waals surface area contributed by atoms with Crippen LogP contribution in [0.1, 0.15) is 16.1 Å². The van der Waals surface area contributed by atoms with Crippen LogP contribution in [0, 0.1) is 10.1 Å². The zero-order valence-corrected chi connectivity index (χ0v) is 11.9. The summed E-state index contributed by atoms with van der Waals surface area (Å²) in [5, 5.41) is 18.5. The van der Waals surface area contributed by atoms with Gasteiger partial charge in [-0.2, -0.15) is 0 Å². The molecule has 0 amide bonds. The lowest BCUT2D eigenvalue weighted by Gasteiger charge is -2.07. The molecule has 0 saturated carbocycles. The van der Waals surface area contributed by atoms with Crippen LogP contribution in [0.25, 0.3) is 11.3 Å². The van der Waals surface area contributed by atoms with Crippen LogP contribution >= 0.6 is 0 Å². The fourth-order valence-electron chi connectivity index (χ4n) is 2.21. The van der Waals surface area contributed by atoms with E-state index in [1.807, 2.05) is 6.07 Å². The minimum atomic E-state index is -0.454. The maximum atomic E-state index is 11.2. The van der Waals surface area contributed by atoms with E-state index in [0.29, 0.717) is 18.5 Å². The number of carbonyl (C=O) groups excluding carboxylic acids is 1. The Morgan fingerprint density at radius 3 is 2.61 bits per heavy atom. The van der Waals surface area contributed by atoms with Crippen LogP contribution in [-0.2, 0) is 6.54 Å². The van der Waals surface area contributed by atoms with E-state index in [-0.39, 0.29) is 11.4 Å². The lowest BCUT2D eigenvalue weighted by atomic mass is 10.1. The minimum absolute atomic E-state index is 0.0217. The van der Waals surface area contributed by atoms with E-state index in [1.165, 1.54) is 12.1 Å². The third kappa shape index (κ3) is 2.95. The molecule has 2 aromatic heterocycles. The highest BCUT2D eigenvalue weighted by Crippen LogP contribution is 2.21. The van der Waals surface area contributed by atoms with Crippen molar-refractivity contribution in [1.29, 1.82) is 0 Å². The number of benzene rings is 1. The van der Waals surface area contributed by atoms with Gasteiger partial charge < -0.3 is 0 Å². The standard InChI is InChI=1S/C15H11N5O3/c21-10-14-15(12-2-1-7-16-8-12)19(18-17-14)9-11-3-5-13(6-4-11)20(22)23/h1-8,10H,9H2. The molecule has 2 heterocycles. The summed E-state index contributed by atoms with van der Waals surface area (Å²) < 4.78 is 1.57. The highest BCUT2D eigenvalue weighted by molar-refractivity contribution is 5.82. The molecule has 8 nitrogen and oxygen atoms in total. The zero-order valence-electron chi connectivity index (χ0n) is 11.9. The molecule has 114 valence electrons. The van der Waals surface area contributed by atoms with E-state index in [1.54, 1.807) is 35.3 Å². The second kappa shape index (κ2) is 6.14. The van der Waals surface area contributed by atoms with Crippen LogP contribution in [-0.4, -0.2) is 31.2 Å². The summed E-state index contributed by atoms with van der Waals surface area (Å²) in [4.78, 5) is 25.4. The first-order valence-corrected chi connectivity index (χ1v) is 6.71. The average molecular weight is 309 g/mol. The van der Waals surface area contributed by atoms with Crippen molar-refractivity contribution in [2.75, 3.05) is 0 Å². The van der Waals surface area contributed by atoms with Crippen LogP contribution in [0.4, 0.5) is 5.69 Å². The predicted molar refractivity (Wildman–Crippen MR) is 80.8 cm³/mol. The Bertz CT molecular complexity index is 843. The number of non-ortho nitro benzene ring substituents is 1. The van der Waals surface area contributed by atoms with Crippen molar-refractivity contribution >= 4 is 12.0 Å². The maximum Gasteiger partial charge on any atom is 0.269 e. The molecule has 0 atom stereocenters. The maximum absolute atomic E-state index is 11.2. The topological polar surface area (TPSA) is 104 Å². The summed E-state index contributed by atoms with van der Waals surface area (Å²) in [6.45, 7) is 0.336. The fourth-order valence-corrected chi connectivity index (χ4v) is 2.21. The molecule has 0 radical (unpaired) electrons. The van der Waals surface area contributed by atoms with E-state index in [4.69, 9.17) is 0 Å². The molecule has 8 heteroatoms. The molecule has 0 aliphatic heterocycles. The first kappa shape index (κ1) is 14.5. The Balaban J connectivity index is 1.96. The van der Waals surface area contributed by atoms with Gasteiger partial charge in [0.25, 0.3) is 5.69 Å². The number of nitrogens with zero attached hydrogens (tertiary/aromatic N) is 5. The first-order valence-electron chi connectivity index (χ1n) is 6.71. The Hall–Kier alpha value is -3.42. The van der Waals surface area contributed by atoms with Gasteiger partial charge in [-0.05, 0) is 17.7 Å². The van der Waals surface area contributed by atoms with Gasteiger partial charge in [0.1, 0.15) is 5.69 Å². The molecule has 0 saturated heterocycles. The smallest absolute Gasteiger partial charge is 0.269 e. The number of hydrogen-bond acceptors (Lipinski definition) is 6. The molecule has 0 aliphatic rings. The number of pyridine rings is 1. The molecular formula is C15H11N5O3. The Kier molecular flexibility index (Phi) is 3.88. The van der Waals surface area contributed by atoms with Crippen LogP contribution in [0.5, 0.6) is 0 Å². The normalized spacial score (nSPS) is 10.4. The molecule has 3 rings (SSSR count). The zero-order chi connectivity index (χ0) is 16.2. The molecule has 0 spiro atoms. The van der Waals surface area contributed by atoms with Crippen molar-refractivity contribution in [3.63, 3.8) is 0 Å². The summed E-state index contributed by atoms with van der Waals surface area (Å²) in [7, 11) is 0. The van der Waals surface area contributed by atoms with Gasteiger partial charge in [0.2, 0.25) is 0 Å². The second-order valence-electron chi connectivity index (χ2n) is 4.76. The van der Waals surface area contributed by atoms with E-state index >= 15 is 0 Å². The first-order chi connectivity index (χ1) is 11.2. The lowest BCUT2D eigenvalue weighted by Crippen LogP contribution is -2.05. The summed E-state index contributed by atoms with van der Waals surface area (Å²) in [5.41, 5.74) is 2.34. The van der Waals surface area contributed by atoms with Crippen molar-refractivity contribution in [3.8, 4) is 11.3 Å². The predicted octanol–water partition coefficient (Wildman–Crippen LogP) is 2.11. The highest BCUT2D eigenvalue weighted by Gasteiger charge is 2.15. The minimum Gasteiger partial charge on any atom is -0.296 e. The average Bonchev–Trinajstić information content (AvgIpc) is 2.99. The number of rotatable bonds is 5. The molecule has 23 heavy (non-hydrogen) atoms. The highest BCUT2D eigenvalue weighted by atomic mass is 16.6. The quantitative estimate of drug-likeness (QED) is 0.406. The van der Waals surface area contributed by atoms with Crippen molar-refractivity contribution in [2.45, 2.75) is 6.54 Å². The molecule has 0 fully saturated rings. The van der Waals surface area contributed by atoms with Gasteiger partial charge in [-0.15, -0.1) is 5.10 Å². The van der Waals surface area contributed by atoms with Gasteiger partial charge >= 0.3 is 0 Å². The Morgan fingerprint density at radius 1 is 1.22 bits per heavy atom. The molecule has 0 unspecified atom stereocenters. The number of aldehydes is 1. The molecule has 1 aromatic carbocycles. The third-order valence-corrected chi connectivity index (χ3v) is 3.29. The number of hydrogen-bond donors (Lipinski definition) is 0. The number of nitro benzene ring substituents is 1. The van der Waals surface area contributed by atoms with Crippen molar-refractivity contribution in [2.24, 2.45) is 0 Å². The number of nitro groups is 1. The fraction of sp³-hybridized carbons (Fsp3) is 0.0667. The molecular weight excluding hydrogens is 298 g/mol. The lowest BCUT2D eigenvalue weighted by molar-refractivity contribution is -0.384. The van der Waals surface area contributed by atoms with Crippen LogP contribution < -0.4 is 0 Å². The molecule has 0 N–H and O–H groups in total. The summed E-state index contributed by atoms with van der Waals surface area (Å²) in [6.07, 6.45) is 3.90. The van der Waals surface area contributed by atoms with E-state index < -0.39 is 4.92 Å². The van der Waals surface area contributed by atoms with E-state index in [0.717, 1.165) is 11.1 Å². The Morgan fingerprint density at radius 2 is 2.00 bits per heavy atom. The van der Waals surface area contributed by atoms with Gasteiger partial charge in [0, 0.05) is 30.1 Å².